The number of fused-ring (bicyclic) bond motifs is 1. The fourth-order valence-electron chi connectivity index (χ4n) is 2.52. The van der Waals surface area contributed by atoms with E-state index in [-0.39, 0.29) is 0 Å². The third kappa shape index (κ3) is 2.04. The number of benzene rings is 2. The lowest BCUT2D eigenvalue weighted by Crippen LogP contribution is -1.95. The minimum Gasteiger partial charge on any atom is -0.358 e. The van der Waals surface area contributed by atoms with Crippen LogP contribution in [0.15, 0.2) is 42.5 Å². The van der Waals surface area contributed by atoms with Crippen LogP contribution >= 0.6 is 0 Å². The number of aromatic nitrogens is 1. The second-order valence-corrected chi connectivity index (χ2v) is 5.04. The summed E-state index contributed by atoms with van der Waals surface area (Å²) in [6.45, 7) is 4.86. The molecule has 19 heavy (non-hydrogen) atoms. The Morgan fingerprint density at radius 2 is 1.79 bits per heavy atom. The maximum atomic E-state index is 5.71. The van der Waals surface area contributed by atoms with Crippen LogP contribution in [0, 0.1) is 13.8 Å². The number of rotatable bonds is 2. The predicted molar refractivity (Wildman–Crippen MR) is 81.1 cm³/mol. The Kier molecular flexibility index (Phi) is 2.88. The van der Waals surface area contributed by atoms with Crippen molar-refractivity contribution in [2.24, 2.45) is 5.73 Å². The number of nitrogens with one attached hydrogen (secondary N) is 1. The van der Waals surface area contributed by atoms with E-state index in [2.05, 4.69) is 61.3 Å². The summed E-state index contributed by atoms with van der Waals surface area (Å²) in [7, 11) is 0. The van der Waals surface area contributed by atoms with Gasteiger partial charge in [0.2, 0.25) is 0 Å². The van der Waals surface area contributed by atoms with Crippen molar-refractivity contribution in [2.75, 3.05) is 0 Å². The number of nitrogens with two attached hydrogens (primary N) is 1. The van der Waals surface area contributed by atoms with Gasteiger partial charge in [0.05, 0.1) is 0 Å². The lowest BCUT2D eigenvalue weighted by atomic mass is 10.0. The summed E-state index contributed by atoms with van der Waals surface area (Å²) in [4.78, 5) is 3.41. The van der Waals surface area contributed by atoms with E-state index < -0.39 is 0 Å². The average molecular weight is 250 g/mol. The molecular weight excluding hydrogens is 232 g/mol. The van der Waals surface area contributed by atoms with Gasteiger partial charge in [0.15, 0.2) is 0 Å². The quantitative estimate of drug-likeness (QED) is 0.711. The number of hydrogen-bond donors (Lipinski definition) is 2. The van der Waals surface area contributed by atoms with Crippen LogP contribution in [-0.2, 0) is 6.54 Å². The average Bonchev–Trinajstić information content (AvgIpc) is 2.74. The molecule has 2 aromatic carbocycles. The fourth-order valence-corrected chi connectivity index (χ4v) is 2.52. The maximum Gasteiger partial charge on any atom is 0.0459 e. The zero-order valence-corrected chi connectivity index (χ0v) is 11.3. The Balaban J connectivity index is 2.16. The first-order chi connectivity index (χ1) is 9.19. The van der Waals surface area contributed by atoms with Crippen molar-refractivity contribution >= 4 is 10.9 Å². The van der Waals surface area contributed by atoms with Gasteiger partial charge in [-0.3, -0.25) is 0 Å². The van der Waals surface area contributed by atoms with Gasteiger partial charge < -0.3 is 10.7 Å². The molecule has 3 rings (SSSR count). The van der Waals surface area contributed by atoms with Gasteiger partial charge in [-0.1, -0.05) is 24.3 Å². The summed E-state index contributed by atoms with van der Waals surface area (Å²) in [5.74, 6) is 0. The normalized spacial score (nSPS) is 11.1. The summed E-state index contributed by atoms with van der Waals surface area (Å²) >= 11 is 0. The molecule has 0 aliphatic heterocycles. The van der Waals surface area contributed by atoms with Crippen LogP contribution in [0.25, 0.3) is 22.0 Å². The Morgan fingerprint density at radius 1 is 1.00 bits per heavy atom. The van der Waals surface area contributed by atoms with Crippen LogP contribution in [0.3, 0.4) is 0 Å². The van der Waals surface area contributed by atoms with E-state index in [1.165, 1.54) is 38.9 Å². The molecule has 1 heterocycles. The van der Waals surface area contributed by atoms with Crippen molar-refractivity contribution in [3.05, 3.63) is 59.3 Å². The maximum absolute atomic E-state index is 5.71. The number of H-pyrrole nitrogens is 1. The van der Waals surface area contributed by atoms with Gasteiger partial charge >= 0.3 is 0 Å². The van der Waals surface area contributed by atoms with Crippen molar-refractivity contribution in [2.45, 2.75) is 20.4 Å². The second-order valence-electron chi connectivity index (χ2n) is 5.04. The van der Waals surface area contributed by atoms with Gasteiger partial charge in [0.25, 0.3) is 0 Å². The van der Waals surface area contributed by atoms with Crippen molar-refractivity contribution in [3.8, 4) is 11.1 Å². The summed E-state index contributed by atoms with van der Waals surface area (Å²) < 4.78 is 0. The van der Waals surface area contributed by atoms with E-state index in [4.69, 9.17) is 5.73 Å². The van der Waals surface area contributed by atoms with E-state index in [1.807, 2.05) is 0 Å². The van der Waals surface area contributed by atoms with Crippen LogP contribution in [0.2, 0.25) is 0 Å². The Labute approximate surface area is 113 Å². The highest BCUT2D eigenvalue weighted by Crippen LogP contribution is 2.28. The third-order valence-electron chi connectivity index (χ3n) is 3.80. The first-order valence-electron chi connectivity index (χ1n) is 6.57. The van der Waals surface area contributed by atoms with E-state index in [9.17, 15) is 0 Å². The topological polar surface area (TPSA) is 41.8 Å². The highest BCUT2D eigenvalue weighted by atomic mass is 14.7. The molecule has 3 N–H and O–H groups in total. The van der Waals surface area contributed by atoms with E-state index >= 15 is 0 Å². The molecule has 0 spiro atoms. The SMILES string of the molecule is Cc1[nH]c2ccc(-c3cccc(CN)c3)cc2c1C. The molecule has 2 heteroatoms. The molecule has 0 unspecified atom stereocenters. The number of aromatic amines is 1. The molecule has 0 amide bonds. The molecule has 0 aliphatic carbocycles. The smallest absolute Gasteiger partial charge is 0.0459 e. The van der Waals surface area contributed by atoms with Crippen LogP contribution in [-0.4, -0.2) is 4.98 Å². The Bertz CT molecular complexity index is 738. The van der Waals surface area contributed by atoms with Gasteiger partial charge in [-0.25, -0.2) is 0 Å². The van der Waals surface area contributed by atoms with E-state index in [0.29, 0.717) is 6.54 Å². The van der Waals surface area contributed by atoms with Crippen molar-refractivity contribution in [1.82, 2.24) is 4.98 Å². The fraction of sp³-hybridized carbons (Fsp3) is 0.176. The molecule has 0 atom stereocenters. The van der Waals surface area contributed by atoms with Gasteiger partial charge in [0, 0.05) is 23.1 Å². The molecule has 0 aliphatic rings. The molecule has 3 aromatic rings. The van der Waals surface area contributed by atoms with Gasteiger partial charge in [-0.15, -0.1) is 0 Å². The molecule has 0 saturated carbocycles. The monoisotopic (exact) mass is 250 g/mol. The highest BCUT2D eigenvalue weighted by molar-refractivity contribution is 5.88. The zero-order chi connectivity index (χ0) is 13.4. The van der Waals surface area contributed by atoms with E-state index in [0.717, 1.165) is 0 Å². The first kappa shape index (κ1) is 12.0. The Hall–Kier alpha value is -2.06. The highest BCUT2D eigenvalue weighted by Gasteiger charge is 2.06. The molecule has 96 valence electrons. The van der Waals surface area contributed by atoms with E-state index in [1.54, 1.807) is 0 Å². The molecule has 0 radical (unpaired) electrons. The predicted octanol–water partition coefficient (Wildman–Crippen LogP) is 3.91. The van der Waals surface area contributed by atoms with Crippen LogP contribution in [0.5, 0.6) is 0 Å². The molecular formula is C17H18N2. The van der Waals surface area contributed by atoms with Gasteiger partial charge in [-0.05, 0) is 54.3 Å². The molecule has 0 fully saturated rings. The molecule has 2 nitrogen and oxygen atoms in total. The number of hydrogen-bond acceptors (Lipinski definition) is 1. The largest absolute Gasteiger partial charge is 0.358 e. The van der Waals surface area contributed by atoms with Crippen molar-refractivity contribution < 1.29 is 0 Å². The standard InChI is InChI=1S/C17H18N2/c1-11-12(2)19-17-7-6-15(9-16(11)17)14-5-3-4-13(8-14)10-18/h3-9,19H,10,18H2,1-2H3. The lowest BCUT2D eigenvalue weighted by molar-refractivity contribution is 1.07. The molecule has 0 saturated heterocycles. The number of aryl methyl sites for hydroxylation is 2. The third-order valence-corrected chi connectivity index (χ3v) is 3.80. The van der Waals surface area contributed by atoms with Crippen molar-refractivity contribution in [3.63, 3.8) is 0 Å². The second kappa shape index (κ2) is 4.56. The minimum absolute atomic E-state index is 0.582. The van der Waals surface area contributed by atoms with Gasteiger partial charge in [-0.2, -0.15) is 0 Å². The van der Waals surface area contributed by atoms with Crippen LogP contribution < -0.4 is 5.73 Å². The molecule has 1 aromatic heterocycles. The van der Waals surface area contributed by atoms with Crippen LogP contribution in [0.4, 0.5) is 0 Å². The lowest BCUT2D eigenvalue weighted by Gasteiger charge is -2.05. The molecule has 0 bridgehead atoms. The first-order valence-corrected chi connectivity index (χ1v) is 6.57. The summed E-state index contributed by atoms with van der Waals surface area (Å²) in [5, 5.41) is 1.30. The van der Waals surface area contributed by atoms with Gasteiger partial charge in [0.1, 0.15) is 0 Å². The summed E-state index contributed by atoms with van der Waals surface area (Å²) in [6, 6.07) is 15.0. The Morgan fingerprint density at radius 3 is 2.58 bits per heavy atom. The van der Waals surface area contributed by atoms with Crippen LogP contribution in [0.1, 0.15) is 16.8 Å². The zero-order valence-electron chi connectivity index (χ0n) is 11.3. The van der Waals surface area contributed by atoms with Crippen molar-refractivity contribution in [1.29, 1.82) is 0 Å². The minimum atomic E-state index is 0.582. The summed E-state index contributed by atoms with van der Waals surface area (Å²) in [5.41, 5.74) is 13.1. The summed E-state index contributed by atoms with van der Waals surface area (Å²) in [6.07, 6.45) is 0.